The van der Waals surface area contributed by atoms with E-state index in [4.69, 9.17) is 4.52 Å². The third-order valence-corrected chi connectivity index (χ3v) is 6.31. The van der Waals surface area contributed by atoms with Crippen LogP contribution in [0.1, 0.15) is 23.9 Å². The van der Waals surface area contributed by atoms with Gasteiger partial charge in [-0.05, 0) is 20.8 Å². The first-order valence-electron chi connectivity index (χ1n) is 8.05. The number of benzene rings is 1. The number of aromatic nitrogens is 2. The van der Waals surface area contributed by atoms with E-state index < -0.39 is 16.0 Å². The molecule has 0 saturated heterocycles. The average molecular weight is 390 g/mol. The van der Waals surface area contributed by atoms with Crippen LogP contribution >= 0.6 is 11.3 Å². The molecule has 2 heterocycles. The van der Waals surface area contributed by atoms with Crippen molar-refractivity contribution in [2.75, 3.05) is 5.32 Å². The van der Waals surface area contributed by atoms with Crippen molar-refractivity contribution in [3.63, 3.8) is 0 Å². The topological polar surface area (TPSA) is 85.1 Å². The van der Waals surface area contributed by atoms with Crippen LogP contribution in [0.5, 0.6) is 0 Å². The molecular formula is C18H19N3O3S2. The summed E-state index contributed by atoms with van der Waals surface area (Å²) in [4.78, 5) is 16.8. The summed E-state index contributed by atoms with van der Waals surface area (Å²) in [7, 11) is -1.39. The third-order valence-electron chi connectivity index (χ3n) is 3.78. The number of anilines is 1. The first-order chi connectivity index (χ1) is 12.4. The fourth-order valence-electron chi connectivity index (χ4n) is 2.25. The Morgan fingerprint density at radius 2 is 2.04 bits per heavy atom. The lowest BCUT2D eigenvalue weighted by Crippen LogP contribution is -2.29. The van der Waals surface area contributed by atoms with Crippen molar-refractivity contribution >= 4 is 33.9 Å². The summed E-state index contributed by atoms with van der Waals surface area (Å²) in [6.45, 7) is 5.40. The van der Waals surface area contributed by atoms with Crippen molar-refractivity contribution in [1.29, 1.82) is 0 Å². The standard InChI is InChI=1S/C18H19N3O3S2/c1-11-4-6-14(7-5-11)18-19-15(9-25-18)10-26(23)13(3)17(22)20-16-8-12(2)24-21-16/h4-9,13H,10H2,1-3H3,(H,20,21,22)/t13-,26+/m0/s1. The minimum atomic E-state index is -1.39. The van der Waals surface area contributed by atoms with Gasteiger partial charge in [0.1, 0.15) is 16.0 Å². The van der Waals surface area contributed by atoms with Crippen LogP contribution in [0.15, 0.2) is 40.2 Å². The van der Waals surface area contributed by atoms with E-state index >= 15 is 0 Å². The van der Waals surface area contributed by atoms with Gasteiger partial charge in [-0.2, -0.15) is 0 Å². The second-order valence-corrected chi connectivity index (χ2v) is 8.60. The molecular weight excluding hydrogens is 370 g/mol. The summed E-state index contributed by atoms with van der Waals surface area (Å²) < 4.78 is 17.4. The van der Waals surface area contributed by atoms with Crippen molar-refractivity contribution in [2.45, 2.75) is 31.8 Å². The molecule has 0 aliphatic rings. The maximum Gasteiger partial charge on any atom is 0.241 e. The van der Waals surface area contributed by atoms with Crippen LogP contribution in [0, 0.1) is 13.8 Å². The molecule has 0 unspecified atom stereocenters. The van der Waals surface area contributed by atoms with Crippen molar-refractivity contribution in [1.82, 2.24) is 10.1 Å². The van der Waals surface area contributed by atoms with Crippen molar-refractivity contribution in [3.05, 3.63) is 52.7 Å². The molecule has 0 radical (unpaired) electrons. The van der Waals surface area contributed by atoms with Crippen molar-refractivity contribution in [2.24, 2.45) is 0 Å². The molecule has 1 aromatic carbocycles. The number of nitrogens with one attached hydrogen (secondary N) is 1. The van der Waals surface area contributed by atoms with Gasteiger partial charge in [0.05, 0.1) is 11.4 Å². The lowest BCUT2D eigenvalue weighted by molar-refractivity contribution is -0.115. The molecule has 8 heteroatoms. The molecule has 3 rings (SSSR count). The summed E-state index contributed by atoms with van der Waals surface area (Å²) in [5, 5.41) is 8.40. The van der Waals surface area contributed by atoms with Crippen LogP contribution < -0.4 is 5.32 Å². The quantitative estimate of drug-likeness (QED) is 0.695. The Hall–Kier alpha value is -2.32. The highest BCUT2D eigenvalue weighted by Gasteiger charge is 2.22. The Bertz CT molecular complexity index is 931. The second kappa shape index (κ2) is 7.92. The maximum absolute atomic E-state index is 12.5. The number of carbonyl (C=O) groups excluding carboxylic acids is 1. The first-order valence-corrected chi connectivity index (χ1v) is 10.3. The SMILES string of the molecule is Cc1ccc(-c2nc(C[S@@](=O)[C@@H](C)C(=O)Nc3cc(C)on3)cs2)cc1. The highest BCUT2D eigenvalue weighted by atomic mass is 32.2. The van der Waals surface area contributed by atoms with E-state index in [9.17, 15) is 9.00 Å². The van der Waals surface area contributed by atoms with E-state index in [1.54, 1.807) is 19.9 Å². The van der Waals surface area contributed by atoms with E-state index in [0.717, 1.165) is 16.3 Å². The van der Waals surface area contributed by atoms with Crippen LogP contribution in [0.2, 0.25) is 0 Å². The molecule has 0 aliphatic heterocycles. The normalized spacial score (nSPS) is 13.3. The Morgan fingerprint density at radius 1 is 1.31 bits per heavy atom. The molecule has 0 saturated carbocycles. The predicted octanol–water partition coefficient (Wildman–Crippen LogP) is 3.69. The Labute approximate surface area is 158 Å². The fraction of sp³-hybridized carbons (Fsp3) is 0.278. The Kier molecular flexibility index (Phi) is 5.63. The number of hydrogen-bond donors (Lipinski definition) is 1. The number of nitrogens with zero attached hydrogens (tertiary/aromatic N) is 2. The molecule has 0 spiro atoms. The van der Waals surface area contributed by atoms with Crippen LogP contribution in [0.4, 0.5) is 5.82 Å². The van der Waals surface area contributed by atoms with Crippen LogP contribution in [0.25, 0.3) is 10.6 Å². The van der Waals surface area contributed by atoms with Gasteiger partial charge >= 0.3 is 0 Å². The van der Waals surface area contributed by atoms with Crippen LogP contribution in [0.3, 0.4) is 0 Å². The lowest BCUT2D eigenvalue weighted by Gasteiger charge is -2.09. The zero-order valence-corrected chi connectivity index (χ0v) is 16.3. The first kappa shape index (κ1) is 18.5. The van der Waals surface area contributed by atoms with E-state index in [-0.39, 0.29) is 11.7 Å². The molecule has 1 amide bonds. The molecule has 26 heavy (non-hydrogen) atoms. The number of carbonyl (C=O) groups is 1. The second-order valence-electron chi connectivity index (χ2n) is 5.99. The molecule has 6 nitrogen and oxygen atoms in total. The van der Waals surface area contributed by atoms with Gasteiger partial charge in [0.15, 0.2) is 5.82 Å². The van der Waals surface area contributed by atoms with Gasteiger partial charge in [-0.3, -0.25) is 9.00 Å². The van der Waals surface area contributed by atoms with Crippen LogP contribution in [-0.2, 0) is 21.3 Å². The van der Waals surface area contributed by atoms with Gasteiger partial charge in [-0.15, -0.1) is 11.3 Å². The van der Waals surface area contributed by atoms with E-state index in [1.807, 2.05) is 36.6 Å². The predicted molar refractivity (Wildman–Crippen MR) is 103 cm³/mol. The number of amides is 1. The summed E-state index contributed by atoms with van der Waals surface area (Å²) in [5.74, 6) is 0.798. The fourth-order valence-corrected chi connectivity index (χ4v) is 4.16. The zero-order chi connectivity index (χ0) is 18.7. The third kappa shape index (κ3) is 4.44. The van der Waals surface area contributed by atoms with E-state index in [0.29, 0.717) is 11.6 Å². The molecule has 3 aromatic rings. The van der Waals surface area contributed by atoms with Gasteiger partial charge in [0.25, 0.3) is 0 Å². The number of hydrogen-bond acceptors (Lipinski definition) is 6. The van der Waals surface area contributed by atoms with Crippen molar-refractivity contribution in [3.8, 4) is 10.6 Å². The number of rotatable bonds is 6. The minimum Gasteiger partial charge on any atom is -0.360 e. The van der Waals surface area contributed by atoms with Gasteiger partial charge in [-0.25, -0.2) is 4.98 Å². The molecule has 1 N–H and O–H groups in total. The smallest absolute Gasteiger partial charge is 0.241 e. The summed E-state index contributed by atoms with van der Waals surface area (Å²) in [6.07, 6.45) is 0. The summed E-state index contributed by atoms with van der Waals surface area (Å²) in [6, 6.07) is 9.72. The highest BCUT2D eigenvalue weighted by molar-refractivity contribution is 7.85. The Balaban J connectivity index is 1.62. The molecule has 0 fully saturated rings. The van der Waals surface area contributed by atoms with Crippen molar-refractivity contribution < 1.29 is 13.5 Å². The zero-order valence-electron chi connectivity index (χ0n) is 14.7. The monoisotopic (exact) mass is 389 g/mol. The number of thiazole rings is 1. The molecule has 0 bridgehead atoms. The summed E-state index contributed by atoms with van der Waals surface area (Å²) >= 11 is 1.51. The van der Waals surface area contributed by atoms with Crippen LogP contribution in [-0.4, -0.2) is 25.5 Å². The molecule has 0 aliphatic carbocycles. The average Bonchev–Trinajstić information content (AvgIpc) is 3.24. The van der Waals surface area contributed by atoms with E-state index in [1.165, 1.54) is 16.9 Å². The highest BCUT2D eigenvalue weighted by Crippen LogP contribution is 2.25. The van der Waals surface area contributed by atoms with Gasteiger partial charge in [0, 0.05) is 27.8 Å². The molecule has 2 atom stereocenters. The molecule has 136 valence electrons. The maximum atomic E-state index is 12.5. The van der Waals surface area contributed by atoms with Gasteiger partial charge in [-0.1, -0.05) is 35.0 Å². The number of aryl methyl sites for hydroxylation is 2. The van der Waals surface area contributed by atoms with Gasteiger partial charge in [0.2, 0.25) is 5.91 Å². The summed E-state index contributed by atoms with van der Waals surface area (Å²) in [5.41, 5.74) is 2.94. The largest absolute Gasteiger partial charge is 0.360 e. The Morgan fingerprint density at radius 3 is 2.69 bits per heavy atom. The van der Waals surface area contributed by atoms with Gasteiger partial charge < -0.3 is 9.84 Å². The molecule has 2 aromatic heterocycles. The minimum absolute atomic E-state index is 0.231. The lowest BCUT2D eigenvalue weighted by atomic mass is 10.2. The van der Waals surface area contributed by atoms with E-state index in [2.05, 4.69) is 15.5 Å².